The number of carbonyl (C=O) groups excluding carboxylic acids is 1. The smallest absolute Gasteiger partial charge is 0.305 e. The number of nitrogens with zero attached hydrogens (tertiary/aromatic N) is 1. The molecule has 0 aromatic heterocycles. The van der Waals surface area contributed by atoms with Gasteiger partial charge >= 0.3 is 5.97 Å². The quantitative estimate of drug-likeness (QED) is 0.866. The molecule has 1 aromatic carbocycles. The van der Waals surface area contributed by atoms with E-state index in [1.165, 1.54) is 0 Å². The Morgan fingerprint density at radius 1 is 1.29 bits per heavy atom. The Morgan fingerprint density at radius 2 is 2.00 bits per heavy atom. The first-order chi connectivity index (χ1) is 9.97. The van der Waals surface area contributed by atoms with Crippen molar-refractivity contribution in [3.63, 3.8) is 0 Å². The molecule has 1 aliphatic heterocycles. The Kier molecular flexibility index (Phi) is 4.67. The van der Waals surface area contributed by atoms with Gasteiger partial charge in [0.05, 0.1) is 6.42 Å². The minimum Gasteiger partial charge on any atom is -0.481 e. The highest BCUT2D eigenvalue weighted by Crippen LogP contribution is 2.32. The molecule has 1 aliphatic rings. The monoisotopic (exact) mass is 293 g/mol. The molecule has 0 saturated carbocycles. The van der Waals surface area contributed by atoms with E-state index in [9.17, 15) is 9.59 Å². The van der Waals surface area contributed by atoms with Crippen LogP contribution in [-0.4, -0.2) is 35.2 Å². The van der Waals surface area contributed by atoms with E-state index < -0.39 is 5.97 Å². The van der Waals surface area contributed by atoms with E-state index in [0.29, 0.717) is 18.0 Å². The Labute approximate surface area is 123 Å². The van der Waals surface area contributed by atoms with E-state index in [-0.39, 0.29) is 31.6 Å². The molecule has 1 N–H and O–H groups in total. The van der Waals surface area contributed by atoms with Gasteiger partial charge in [0.1, 0.15) is 0 Å². The van der Waals surface area contributed by atoms with Crippen LogP contribution in [0.15, 0.2) is 18.2 Å². The van der Waals surface area contributed by atoms with E-state index in [4.69, 9.17) is 14.6 Å². The average Bonchev–Trinajstić information content (AvgIpc) is 2.89. The zero-order chi connectivity index (χ0) is 15.4. The summed E-state index contributed by atoms with van der Waals surface area (Å²) < 4.78 is 10.5. The number of hydrogen-bond donors (Lipinski definition) is 1. The lowest BCUT2D eigenvalue weighted by atomic mass is 10.1. The molecule has 0 bridgehead atoms. The minimum absolute atomic E-state index is 0.0612. The molecule has 0 fully saturated rings. The fraction of sp³-hybridized carbons (Fsp3) is 0.467. The van der Waals surface area contributed by atoms with Crippen molar-refractivity contribution in [1.29, 1.82) is 0 Å². The SMILES string of the molecule is CC(C)C(=O)N(CCC(=O)O)Cc1ccc2c(c1)OCO2. The van der Waals surface area contributed by atoms with Gasteiger partial charge in [-0.1, -0.05) is 19.9 Å². The largest absolute Gasteiger partial charge is 0.481 e. The van der Waals surface area contributed by atoms with Gasteiger partial charge in [-0.2, -0.15) is 0 Å². The molecule has 6 heteroatoms. The molecular formula is C15H19NO5. The van der Waals surface area contributed by atoms with E-state index in [1.54, 1.807) is 24.8 Å². The fourth-order valence-electron chi connectivity index (χ4n) is 2.12. The highest BCUT2D eigenvalue weighted by molar-refractivity contribution is 5.78. The molecule has 0 saturated heterocycles. The standard InChI is InChI=1S/C15H19NO5/c1-10(2)15(19)16(6-5-14(17)18)8-11-3-4-12-13(7-11)21-9-20-12/h3-4,7,10H,5-6,8-9H2,1-2H3,(H,17,18). The molecule has 0 radical (unpaired) electrons. The van der Waals surface area contributed by atoms with Gasteiger partial charge in [-0.25, -0.2) is 0 Å². The Bertz CT molecular complexity index is 541. The van der Waals surface area contributed by atoms with Crippen molar-refractivity contribution in [2.24, 2.45) is 5.92 Å². The zero-order valence-corrected chi connectivity index (χ0v) is 12.2. The maximum absolute atomic E-state index is 12.2. The van der Waals surface area contributed by atoms with Crippen LogP contribution in [0.25, 0.3) is 0 Å². The van der Waals surface area contributed by atoms with Crippen molar-refractivity contribution in [2.75, 3.05) is 13.3 Å². The number of hydrogen-bond acceptors (Lipinski definition) is 4. The lowest BCUT2D eigenvalue weighted by Gasteiger charge is -2.24. The predicted molar refractivity (Wildman–Crippen MR) is 75.1 cm³/mol. The number of carboxylic acids is 1. The van der Waals surface area contributed by atoms with Crippen LogP contribution in [0.3, 0.4) is 0 Å². The summed E-state index contributed by atoms with van der Waals surface area (Å²) in [4.78, 5) is 24.5. The fourth-order valence-corrected chi connectivity index (χ4v) is 2.12. The second-order valence-corrected chi connectivity index (χ2v) is 5.25. The lowest BCUT2D eigenvalue weighted by molar-refractivity contribution is -0.139. The molecular weight excluding hydrogens is 274 g/mol. The van der Waals surface area contributed by atoms with Crippen LogP contribution >= 0.6 is 0 Å². The van der Waals surface area contributed by atoms with Crippen molar-refractivity contribution in [3.05, 3.63) is 23.8 Å². The van der Waals surface area contributed by atoms with Gasteiger partial charge in [0.25, 0.3) is 0 Å². The average molecular weight is 293 g/mol. The number of amides is 1. The summed E-state index contributed by atoms with van der Waals surface area (Å²) in [6.07, 6.45) is -0.0665. The number of rotatable bonds is 6. The number of carboxylic acid groups (broad SMARTS) is 1. The number of carbonyl (C=O) groups is 2. The molecule has 21 heavy (non-hydrogen) atoms. The highest BCUT2D eigenvalue weighted by atomic mass is 16.7. The number of ether oxygens (including phenoxy) is 2. The first-order valence-electron chi connectivity index (χ1n) is 6.86. The van der Waals surface area contributed by atoms with E-state index >= 15 is 0 Å². The van der Waals surface area contributed by atoms with Gasteiger partial charge in [-0.05, 0) is 17.7 Å². The normalized spacial score (nSPS) is 12.5. The lowest BCUT2D eigenvalue weighted by Crippen LogP contribution is -2.35. The second-order valence-electron chi connectivity index (χ2n) is 5.25. The number of aliphatic carboxylic acids is 1. The minimum atomic E-state index is -0.915. The molecule has 0 aliphatic carbocycles. The summed E-state index contributed by atoms with van der Waals surface area (Å²) in [6.45, 7) is 4.36. The van der Waals surface area contributed by atoms with Gasteiger partial charge in [0.2, 0.25) is 12.7 Å². The first kappa shape index (κ1) is 15.2. The molecule has 0 unspecified atom stereocenters. The summed E-state index contributed by atoms with van der Waals surface area (Å²) in [7, 11) is 0. The molecule has 0 atom stereocenters. The maximum atomic E-state index is 12.2. The first-order valence-corrected chi connectivity index (χ1v) is 6.86. The van der Waals surface area contributed by atoms with Gasteiger partial charge < -0.3 is 19.5 Å². The third-order valence-electron chi connectivity index (χ3n) is 3.21. The van der Waals surface area contributed by atoms with Crippen LogP contribution in [-0.2, 0) is 16.1 Å². The second kappa shape index (κ2) is 6.47. The predicted octanol–water partition coefficient (Wildman–Crippen LogP) is 1.87. The van der Waals surface area contributed by atoms with Gasteiger partial charge in [0, 0.05) is 19.0 Å². The van der Waals surface area contributed by atoms with Crippen molar-refractivity contribution in [1.82, 2.24) is 4.90 Å². The Hall–Kier alpha value is -2.24. The highest BCUT2D eigenvalue weighted by Gasteiger charge is 2.20. The topological polar surface area (TPSA) is 76.1 Å². The van der Waals surface area contributed by atoms with Crippen LogP contribution < -0.4 is 9.47 Å². The zero-order valence-electron chi connectivity index (χ0n) is 12.2. The van der Waals surface area contributed by atoms with Crippen LogP contribution in [0.4, 0.5) is 0 Å². The van der Waals surface area contributed by atoms with Crippen molar-refractivity contribution < 1.29 is 24.2 Å². The van der Waals surface area contributed by atoms with Gasteiger partial charge in [-0.15, -0.1) is 0 Å². The number of fused-ring (bicyclic) bond motifs is 1. The molecule has 0 spiro atoms. The van der Waals surface area contributed by atoms with E-state index in [1.807, 2.05) is 12.1 Å². The number of benzene rings is 1. The van der Waals surface area contributed by atoms with Gasteiger partial charge in [-0.3, -0.25) is 9.59 Å². The summed E-state index contributed by atoms with van der Waals surface area (Å²) in [6, 6.07) is 5.48. The third kappa shape index (κ3) is 3.87. The summed E-state index contributed by atoms with van der Waals surface area (Å²) in [5, 5.41) is 8.80. The van der Waals surface area contributed by atoms with Crippen molar-refractivity contribution in [2.45, 2.75) is 26.8 Å². The van der Waals surface area contributed by atoms with Crippen LogP contribution in [0.2, 0.25) is 0 Å². The molecule has 2 rings (SSSR count). The third-order valence-corrected chi connectivity index (χ3v) is 3.21. The van der Waals surface area contributed by atoms with Crippen LogP contribution in [0.5, 0.6) is 11.5 Å². The molecule has 6 nitrogen and oxygen atoms in total. The van der Waals surface area contributed by atoms with Crippen LogP contribution in [0, 0.1) is 5.92 Å². The maximum Gasteiger partial charge on any atom is 0.305 e. The molecule has 1 heterocycles. The van der Waals surface area contributed by atoms with Crippen molar-refractivity contribution in [3.8, 4) is 11.5 Å². The van der Waals surface area contributed by atoms with E-state index in [2.05, 4.69) is 0 Å². The summed E-state index contributed by atoms with van der Waals surface area (Å²) in [5.41, 5.74) is 0.888. The Morgan fingerprint density at radius 3 is 2.67 bits per heavy atom. The molecule has 1 aromatic rings. The Balaban J connectivity index is 2.10. The molecule has 114 valence electrons. The molecule has 1 amide bonds. The van der Waals surface area contributed by atoms with E-state index in [0.717, 1.165) is 5.56 Å². The van der Waals surface area contributed by atoms with Crippen molar-refractivity contribution >= 4 is 11.9 Å². The summed E-state index contributed by atoms with van der Waals surface area (Å²) >= 11 is 0. The summed E-state index contributed by atoms with van der Waals surface area (Å²) in [5.74, 6) is 0.192. The van der Waals surface area contributed by atoms with Crippen LogP contribution in [0.1, 0.15) is 25.8 Å². The van der Waals surface area contributed by atoms with Gasteiger partial charge in [0.15, 0.2) is 11.5 Å².